The summed E-state index contributed by atoms with van der Waals surface area (Å²) in [5.41, 5.74) is 4.26. The van der Waals surface area contributed by atoms with Gasteiger partial charge in [0.25, 0.3) is 0 Å². The van der Waals surface area contributed by atoms with E-state index in [2.05, 4.69) is 0 Å². The fourth-order valence-corrected chi connectivity index (χ4v) is 4.83. The Morgan fingerprint density at radius 2 is 1.29 bits per heavy atom. The number of hydrogen-bond acceptors (Lipinski definition) is 3. The van der Waals surface area contributed by atoms with Crippen molar-refractivity contribution in [2.75, 3.05) is 6.61 Å². The van der Waals surface area contributed by atoms with E-state index in [0.29, 0.717) is 31.3 Å². The lowest BCUT2D eigenvalue weighted by molar-refractivity contribution is 0.0526. The SMILES string of the molecule is CCOC(=O)c1cc(-c2ccc(Cl)cc2)c([N]Sc2ccc(Cl)cc2Cl)c(-c2ccc(Cl)cc2)c1. The number of halogens is 4. The topological polar surface area (TPSA) is 40.4 Å². The molecule has 0 N–H and O–H groups in total. The van der Waals surface area contributed by atoms with Crippen molar-refractivity contribution in [2.24, 2.45) is 0 Å². The molecule has 0 bridgehead atoms. The van der Waals surface area contributed by atoms with Gasteiger partial charge >= 0.3 is 5.97 Å². The van der Waals surface area contributed by atoms with Crippen LogP contribution in [0.3, 0.4) is 0 Å². The summed E-state index contributed by atoms with van der Waals surface area (Å²) in [5.74, 6) is -0.419. The van der Waals surface area contributed by atoms with Crippen molar-refractivity contribution >= 4 is 70.0 Å². The monoisotopic (exact) mass is 560 g/mol. The zero-order valence-electron chi connectivity index (χ0n) is 18.4. The van der Waals surface area contributed by atoms with E-state index >= 15 is 0 Å². The van der Waals surface area contributed by atoms with Crippen molar-refractivity contribution < 1.29 is 9.53 Å². The molecular formula is C27H18Cl4NO2S. The lowest BCUT2D eigenvalue weighted by Gasteiger charge is -2.17. The minimum absolute atomic E-state index is 0.266. The maximum atomic E-state index is 12.8. The lowest BCUT2D eigenvalue weighted by Crippen LogP contribution is -2.06. The summed E-state index contributed by atoms with van der Waals surface area (Å²) in [6.45, 7) is 2.04. The van der Waals surface area contributed by atoms with E-state index in [4.69, 9.17) is 55.9 Å². The van der Waals surface area contributed by atoms with Gasteiger partial charge in [-0.1, -0.05) is 70.7 Å². The van der Waals surface area contributed by atoms with Gasteiger partial charge in [-0.3, -0.25) is 0 Å². The summed E-state index contributed by atoms with van der Waals surface area (Å²) in [6.07, 6.45) is 0. The van der Waals surface area contributed by atoms with E-state index in [1.54, 1.807) is 55.5 Å². The van der Waals surface area contributed by atoms with Gasteiger partial charge in [0, 0.05) is 43.0 Å². The third-order valence-corrected chi connectivity index (χ3v) is 7.05. The molecule has 0 saturated heterocycles. The standard InChI is InChI=1S/C27H18Cl4NO2S/c1-2-34-27(33)18-13-22(16-3-7-19(28)8-4-16)26(23(14-18)17-5-9-20(29)10-6-17)32-35-25-12-11-21(30)15-24(25)31/h3-15H,2H2,1H3. The third-order valence-electron chi connectivity index (χ3n) is 5.06. The molecule has 0 aliphatic heterocycles. The Balaban J connectivity index is 1.90. The average molecular weight is 562 g/mol. The summed E-state index contributed by atoms with van der Waals surface area (Å²) in [7, 11) is 0. The first-order valence-electron chi connectivity index (χ1n) is 10.6. The maximum Gasteiger partial charge on any atom is 0.338 e. The summed E-state index contributed by atoms with van der Waals surface area (Å²) in [5, 5.41) is 2.25. The Hall–Kier alpha value is -2.34. The molecule has 0 aliphatic rings. The zero-order chi connectivity index (χ0) is 24.9. The number of carbonyl (C=O) groups is 1. The van der Waals surface area contributed by atoms with Crippen LogP contribution in [0.5, 0.6) is 0 Å². The normalized spacial score (nSPS) is 10.8. The number of hydrogen-bond donors (Lipinski definition) is 0. The Morgan fingerprint density at radius 1 is 0.771 bits per heavy atom. The first-order valence-corrected chi connectivity index (χ1v) is 12.8. The number of nitrogens with zero attached hydrogens (tertiary/aromatic N) is 1. The Morgan fingerprint density at radius 3 is 1.77 bits per heavy atom. The van der Waals surface area contributed by atoms with Crippen molar-refractivity contribution in [1.29, 1.82) is 0 Å². The summed E-state index contributed by atoms with van der Waals surface area (Å²) < 4.78 is 10.2. The van der Waals surface area contributed by atoms with Gasteiger partial charge in [0.05, 0.1) is 22.9 Å². The molecule has 0 fully saturated rings. The van der Waals surface area contributed by atoms with Crippen LogP contribution in [0.1, 0.15) is 17.3 Å². The molecule has 4 aromatic rings. The van der Waals surface area contributed by atoms with E-state index in [-0.39, 0.29) is 6.61 Å². The number of ether oxygens (including phenoxy) is 1. The zero-order valence-corrected chi connectivity index (χ0v) is 22.2. The predicted octanol–water partition coefficient (Wildman–Crippen LogP) is 9.75. The summed E-state index contributed by atoms with van der Waals surface area (Å²) >= 11 is 25.9. The van der Waals surface area contributed by atoms with Crippen LogP contribution in [0.15, 0.2) is 83.8 Å². The van der Waals surface area contributed by atoms with Gasteiger partial charge in [-0.15, -0.1) is 0 Å². The molecule has 0 aliphatic carbocycles. The molecule has 0 atom stereocenters. The molecule has 4 rings (SSSR count). The minimum atomic E-state index is -0.419. The average Bonchev–Trinajstić information content (AvgIpc) is 2.84. The largest absolute Gasteiger partial charge is 0.462 e. The van der Waals surface area contributed by atoms with Crippen molar-refractivity contribution in [2.45, 2.75) is 11.8 Å². The summed E-state index contributed by atoms with van der Waals surface area (Å²) in [6, 6.07) is 23.5. The minimum Gasteiger partial charge on any atom is -0.462 e. The van der Waals surface area contributed by atoms with E-state index in [1.165, 1.54) is 11.9 Å². The van der Waals surface area contributed by atoms with E-state index in [9.17, 15) is 4.79 Å². The molecule has 4 aromatic carbocycles. The van der Waals surface area contributed by atoms with Crippen molar-refractivity contribution in [3.05, 3.63) is 105 Å². The number of rotatable bonds is 7. The molecule has 1 radical (unpaired) electrons. The van der Waals surface area contributed by atoms with Crippen LogP contribution >= 0.6 is 58.4 Å². The molecule has 3 nitrogen and oxygen atoms in total. The first kappa shape index (κ1) is 25.7. The van der Waals surface area contributed by atoms with E-state index in [1.807, 2.05) is 30.3 Å². The van der Waals surface area contributed by atoms with Gasteiger partial charge < -0.3 is 4.74 Å². The van der Waals surface area contributed by atoms with Crippen LogP contribution in [0.25, 0.3) is 22.3 Å². The number of esters is 1. The quantitative estimate of drug-likeness (QED) is 0.166. The van der Waals surface area contributed by atoms with Gasteiger partial charge in [0.15, 0.2) is 0 Å². The van der Waals surface area contributed by atoms with E-state index < -0.39 is 5.97 Å². The number of benzene rings is 4. The molecule has 0 heterocycles. The Labute approximate surface area is 228 Å². The van der Waals surface area contributed by atoms with Gasteiger partial charge in [-0.2, -0.15) is 0 Å². The highest BCUT2D eigenvalue weighted by molar-refractivity contribution is 7.97. The third kappa shape index (κ3) is 6.27. The molecular weight excluding hydrogens is 544 g/mol. The molecule has 177 valence electrons. The molecule has 0 saturated carbocycles. The molecule has 0 spiro atoms. The lowest BCUT2D eigenvalue weighted by atomic mass is 9.93. The molecule has 35 heavy (non-hydrogen) atoms. The van der Waals surface area contributed by atoms with Crippen LogP contribution in [0, 0.1) is 0 Å². The van der Waals surface area contributed by atoms with Crippen LogP contribution in [-0.2, 0) is 4.74 Å². The highest BCUT2D eigenvalue weighted by Crippen LogP contribution is 2.42. The maximum absolute atomic E-state index is 12.8. The number of carbonyl (C=O) groups excluding carboxylic acids is 1. The highest BCUT2D eigenvalue weighted by Gasteiger charge is 2.20. The fourth-order valence-electron chi connectivity index (χ4n) is 3.41. The predicted molar refractivity (Wildman–Crippen MR) is 147 cm³/mol. The van der Waals surface area contributed by atoms with Crippen LogP contribution in [0.4, 0.5) is 5.69 Å². The highest BCUT2D eigenvalue weighted by atomic mass is 35.5. The van der Waals surface area contributed by atoms with Crippen LogP contribution in [0.2, 0.25) is 20.1 Å². The molecule has 8 heteroatoms. The molecule has 0 aromatic heterocycles. The van der Waals surface area contributed by atoms with Gasteiger partial charge in [-0.25, -0.2) is 9.52 Å². The van der Waals surface area contributed by atoms with Gasteiger partial charge in [0.1, 0.15) is 0 Å². The van der Waals surface area contributed by atoms with Crippen LogP contribution in [-0.4, -0.2) is 12.6 Å². The Kier molecular flexibility index (Phi) is 8.53. The first-order chi connectivity index (χ1) is 16.9. The summed E-state index contributed by atoms with van der Waals surface area (Å²) in [4.78, 5) is 13.5. The second-order valence-corrected chi connectivity index (χ2v) is 9.93. The second-order valence-electron chi connectivity index (χ2n) is 7.41. The molecule has 0 unspecified atom stereocenters. The van der Waals surface area contributed by atoms with E-state index in [0.717, 1.165) is 27.1 Å². The molecule has 0 amide bonds. The fraction of sp³-hybridized carbons (Fsp3) is 0.0741. The smallest absolute Gasteiger partial charge is 0.338 e. The van der Waals surface area contributed by atoms with Crippen molar-refractivity contribution in [1.82, 2.24) is 4.72 Å². The van der Waals surface area contributed by atoms with Gasteiger partial charge in [-0.05, 0) is 72.6 Å². The van der Waals surface area contributed by atoms with Crippen LogP contribution < -0.4 is 4.72 Å². The second kappa shape index (κ2) is 11.6. The van der Waals surface area contributed by atoms with Crippen molar-refractivity contribution in [3.63, 3.8) is 0 Å². The van der Waals surface area contributed by atoms with Crippen molar-refractivity contribution in [3.8, 4) is 22.3 Å². The Bertz CT molecular complexity index is 1290. The van der Waals surface area contributed by atoms with Gasteiger partial charge in [0.2, 0.25) is 0 Å².